The second-order valence-corrected chi connectivity index (χ2v) is 3.49. The lowest BCUT2D eigenvalue weighted by atomic mass is 10.1. The molecule has 0 aliphatic carbocycles. The summed E-state index contributed by atoms with van der Waals surface area (Å²) < 4.78 is 26.4. The molecule has 1 rings (SSSR count). The van der Waals surface area contributed by atoms with Crippen LogP contribution in [0.1, 0.15) is 18.5 Å². The number of hydrogen-bond donors (Lipinski definition) is 1. The molecule has 1 atom stereocenters. The Hall–Kier alpha value is -0.190. The van der Waals surface area contributed by atoms with E-state index in [0.29, 0.717) is 4.47 Å². The average Bonchev–Trinajstić information content (AvgIpc) is 1.82. The molecule has 0 saturated heterocycles. The predicted molar refractivity (Wildman–Crippen MR) is 53.9 cm³/mol. The second kappa shape index (κ2) is 4.88. The quantitative estimate of drug-likeness (QED) is 0.835. The lowest BCUT2D eigenvalue weighted by Gasteiger charge is -2.08. The van der Waals surface area contributed by atoms with Crippen LogP contribution in [-0.4, -0.2) is 0 Å². The fraction of sp³-hybridized carbons (Fsp3) is 0.250. The summed E-state index contributed by atoms with van der Waals surface area (Å²) in [7, 11) is 0. The first kappa shape index (κ1) is 12.8. The van der Waals surface area contributed by atoms with Crippen LogP contribution in [0.15, 0.2) is 16.6 Å². The Bertz CT molecular complexity index is 281. The molecule has 0 radical (unpaired) electrons. The summed E-state index contributed by atoms with van der Waals surface area (Å²) in [6.45, 7) is 1.54. The third-order valence-corrected chi connectivity index (χ3v) is 1.96. The zero-order valence-electron chi connectivity index (χ0n) is 6.85. The van der Waals surface area contributed by atoms with Gasteiger partial charge in [0, 0.05) is 16.1 Å². The van der Waals surface area contributed by atoms with E-state index in [1.165, 1.54) is 19.1 Å². The largest absolute Gasteiger partial charge is 0.324 e. The average molecular weight is 273 g/mol. The fourth-order valence-corrected chi connectivity index (χ4v) is 1.39. The van der Waals surface area contributed by atoms with E-state index in [0.717, 1.165) is 0 Å². The molecule has 0 aromatic heterocycles. The highest BCUT2D eigenvalue weighted by molar-refractivity contribution is 9.10. The van der Waals surface area contributed by atoms with Gasteiger partial charge in [-0.05, 0) is 19.1 Å². The van der Waals surface area contributed by atoms with Crippen LogP contribution in [0.3, 0.4) is 0 Å². The maximum absolute atomic E-state index is 13.0. The smallest absolute Gasteiger partial charge is 0.132 e. The zero-order valence-corrected chi connectivity index (χ0v) is 9.25. The molecule has 0 heterocycles. The molecule has 1 aromatic carbocycles. The molecule has 1 aromatic rings. The summed E-state index contributed by atoms with van der Waals surface area (Å²) in [5.41, 5.74) is 5.30. The monoisotopic (exact) mass is 271 g/mol. The Morgan fingerprint density at radius 3 is 2.00 bits per heavy atom. The number of rotatable bonds is 1. The van der Waals surface area contributed by atoms with Gasteiger partial charge in [-0.25, -0.2) is 8.78 Å². The summed E-state index contributed by atoms with van der Waals surface area (Å²) >= 11 is 2.98. The van der Waals surface area contributed by atoms with E-state index in [1.54, 1.807) is 0 Å². The van der Waals surface area contributed by atoms with E-state index in [2.05, 4.69) is 15.9 Å². The molecule has 2 N–H and O–H groups in total. The molecule has 13 heavy (non-hydrogen) atoms. The highest BCUT2D eigenvalue weighted by atomic mass is 79.9. The molecule has 0 fully saturated rings. The molecular formula is C8H9BrClF2N. The van der Waals surface area contributed by atoms with Gasteiger partial charge < -0.3 is 5.73 Å². The Kier molecular flexibility index (Phi) is 4.81. The summed E-state index contributed by atoms with van der Waals surface area (Å²) in [5.74, 6) is -1.23. The number of halogens is 4. The van der Waals surface area contributed by atoms with Crippen LogP contribution in [0.2, 0.25) is 0 Å². The van der Waals surface area contributed by atoms with Crippen LogP contribution in [-0.2, 0) is 0 Å². The molecule has 0 saturated carbocycles. The summed E-state index contributed by atoms with van der Waals surface area (Å²) in [5, 5.41) is 0. The standard InChI is InChI=1S/C8H8BrF2N.ClH/c1-4(12)8-6(10)2-5(9)3-7(8)11;/h2-4H,12H2,1H3;1H/t4-;/m1./s1. The van der Waals surface area contributed by atoms with Crippen LogP contribution in [0, 0.1) is 11.6 Å². The van der Waals surface area contributed by atoms with Gasteiger partial charge in [-0.1, -0.05) is 15.9 Å². The van der Waals surface area contributed by atoms with Crippen LogP contribution in [0.25, 0.3) is 0 Å². The van der Waals surface area contributed by atoms with Crippen molar-refractivity contribution in [3.05, 3.63) is 33.8 Å². The maximum Gasteiger partial charge on any atom is 0.132 e. The van der Waals surface area contributed by atoms with Crippen LogP contribution < -0.4 is 5.73 Å². The van der Waals surface area contributed by atoms with Crippen molar-refractivity contribution < 1.29 is 8.78 Å². The Labute approximate surface area is 89.9 Å². The highest BCUT2D eigenvalue weighted by Crippen LogP contribution is 2.23. The van der Waals surface area contributed by atoms with Crippen molar-refractivity contribution in [2.45, 2.75) is 13.0 Å². The van der Waals surface area contributed by atoms with Crippen molar-refractivity contribution in [3.8, 4) is 0 Å². The van der Waals surface area contributed by atoms with Gasteiger partial charge in [0.2, 0.25) is 0 Å². The minimum absolute atomic E-state index is 0. The third-order valence-electron chi connectivity index (χ3n) is 1.50. The van der Waals surface area contributed by atoms with E-state index in [4.69, 9.17) is 5.73 Å². The first-order valence-corrected chi connectivity index (χ1v) is 4.21. The number of nitrogens with two attached hydrogens (primary N) is 1. The SMILES string of the molecule is C[C@@H](N)c1c(F)cc(Br)cc1F.Cl. The number of hydrogen-bond acceptors (Lipinski definition) is 1. The molecule has 1 nitrogen and oxygen atoms in total. The molecule has 0 spiro atoms. The van der Waals surface area contributed by atoms with E-state index >= 15 is 0 Å². The van der Waals surface area contributed by atoms with Gasteiger partial charge in [-0.3, -0.25) is 0 Å². The molecule has 74 valence electrons. The van der Waals surface area contributed by atoms with Gasteiger partial charge in [0.25, 0.3) is 0 Å². The van der Waals surface area contributed by atoms with Crippen molar-refractivity contribution in [3.63, 3.8) is 0 Å². The van der Waals surface area contributed by atoms with E-state index < -0.39 is 17.7 Å². The summed E-state index contributed by atoms with van der Waals surface area (Å²) in [6, 6.07) is 1.77. The summed E-state index contributed by atoms with van der Waals surface area (Å²) in [6.07, 6.45) is 0. The second-order valence-electron chi connectivity index (χ2n) is 2.57. The highest BCUT2D eigenvalue weighted by Gasteiger charge is 2.13. The molecule has 0 aliphatic rings. The first-order chi connectivity index (χ1) is 5.52. The molecule has 0 aliphatic heterocycles. The van der Waals surface area contributed by atoms with Crippen LogP contribution >= 0.6 is 28.3 Å². The van der Waals surface area contributed by atoms with Crippen molar-refractivity contribution >= 4 is 28.3 Å². The van der Waals surface area contributed by atoms with Crippen molar-refractivity contribution in [1.29, 1.82) is 0 Å². The molecule has 0 unspecified atom stereocenters. The van der Waals surface area contributed by atoms with Crippen LogP contribution in [0.4, 0.5) is 8.78 Å². The topological polar surface area (TPSA) is 26.0 Å². The predicted octanol–water partition coefficient (Wildman–Crippen LogP) is 3.17. The number of benzene rings is 1. The molecule has 5 heteroatoms. The van der Waals surface area contributed by atoms with E-state index in [-0.39, 0.29) is 18.0 Å². The minimum Gasteiger partial charge on any atom is -0.324 e. The molecule has 0 amide bonds. The normalized spacial score (nSPS) is 12.1. The Morgan fingerprint density at radius 2 is 1.69 bits per heavy atom. The Morgan fingerprint density at radius 1 is 1.31 bits per heavy atom. The van der Waals surface area contributed by atoms with Crippen molar-refractivity contribution in [1.82, 2.24) is 0 Å². The minimum atomic E-state index is -0.627. The van der Waals surface area contributed by atoms with E-state index in [1.807, 2.05) is 0 Å². The zero-order chi connectivity index (χ0) is 9.30. The van der Waals surface area contributed by atoms with E-state index in [9.17, 15) is 8.78 Å². The first-order valence-electron chi connectivity index (χ1n) is 3.42. The van der Waals surface area contributed by atoms with Crippen LogP contribution in [0.5, 0.6) is 0 Å². The Balaban J connectivity index is 0.00000144. The van der Waals surface area contributed by atoms with Gasteiger partial charge in [-0.2, -0.15) is 0 Å². The van der Waals surface area contributed by atoms with Gasteiger partial charge >= 0.3 is 0 Å². The molecular weight excluding hydrogens is 263 g/mol. The fourth-order valence-electron chi connectivity index (χ4n) is 0.988. The third kappa shape index (κ3) is 2.90. The summed E-state index contributed by atoms with van der Waals surface area (Å²) in [4.78, 5) is 0. The lowest BCUT2D eigenvalue weighted by molar-refractivity contribution is 0.535. The van der Waals surface area contributed by atoms with Gasteiger partial charge in [0.1, 0.15) is 11.6 Å². The van der Waals surface area contributed by atoms with Gasteiger partial charge in [-0.15, -0.1) is 12.4 Å². The maximum atomic E-state index is 13.0. The van der Waals surface area contributed by atoms with Crippen molar-refractivity contribution in [2.75, 3.05) is 0 Å². The van der Waals surface area contributed by atoms with Crippen molar-refractivity contribution in [2.24, 2.45) is 5.73 Å². The van der Waals surface area contributed by atoms with Gasteiger partial charge in [0.15, 0.2) is 0 Å². The lowest BCUT2D eigenvalue weighted by Crippen LogP contribution is -2.10. The van der Waals surface area contributed by atoms with Gasteiger partial charge in [0.05, 0.1) is 0 Å². The molecule has 0 bridgehead atoms.